The van der Waals surface area contributed by atoms with Crippen molar-refractivity contribution >= 4 is 27.5 Å². The Balaban J connectivity index is 2.59. The molecule has 0 unspecified atom stereocenters. The number of hydrogen-bond donors (Lipinski definition) is 1. The van der Waals surface area contributed by atoms with Crippen LogP contribution in [0.5, 0.6) is 0 Å². The highest BCUT2D eigenvalue weighted by atomic mass is 14.9. The Morgan fingerprint density at radius 2 is 1.56 bits per heavy atom. The third-order valence-electron chi connectivity index (χ3n) is 3.19. The van der Waals surface area contributed by atoms with Crippen LogP contribution in [0.3, 0.4) is 0 Å². The predicted octanol–water partition coefficient (Wildman–Crippen LogP) is 3.22. The molecule has 3 rings (SSSR count). The zero-order chi connectivity index (χ0) is 11.3. The van der Waals surface area contributed by atoms with Crippen LogP contribution >= 0.6 is 0 Å². The maximum Gasteiger partial charge on any atom is 0.0509 e. The minimum Gasteiger partial charge on any atom is -0.399 e. The van der Waals surface area contributed by atoms with Crippen molar-refractivity contribution < 1.29 is 0 Å². The first kappa shape index (κ1) is 9.28. The van der Waals surface area contributed by atoms with E-state index >= 15 is 0 Å². The first-order valence-electron chi connectivity index (χ1n) is 5.41. The second kappa shape index (κ2) is 3.01. The number of nitrogen functional groups attached to an aromatic ring is 1. The van der Waals surface area contributed by atoms with Crippen LogP contribution in [0, 0.1) is 6.92 Å². The monoisotopic (exact) mass is 210 g/mol. The lowest BCUT2D eigenvalue weighted by Crippen LogP contribution is -1.88. The highest BCUT2D eigenvalue weighted by molar-refractivity contribution is 6.08. The summed E-state index contributed by atoms with van der Waals surface area (Å²) in [5, 5.41) is 2.56. The van der Waals surface area contributed by atoms with E-state index in [1.165, 1.54) is 27.4 Å². The summed E-state index contributed by atoms with van der Waals surface area (Å²) in [4.78, 5) is 0. The minimum absolute atomic E-state index is 0.815. The maximum absolute atomic E-state index is 5.83. The summed E-state index contributed by atoms with van der Waals surface area (Å²) in [6.07, 6.45) is 0. The van der Waals surface area contributed by atoms with Crippen molar-refractivity contribution in [3.63, 3.8) is 0 Å². The van der Waals surface area contributed by atoms with Gasteiger partial charge in [0.25, 0.3) is 0 Å². The molecule has 0 saturated heterocycles. The smallest absolute Gasteiger partial charge is 0.0509 e. The molecule has 2 heteroatoms. The Bertz CT molecular complexity index is 633. The molecule has 1 heterocycles. The summed E-state index contributed by atoms with van der Waals surface area (Å²) in [6, 6.07) is 12.6. The van der Waals surface area contributed by atoms with Gasteiger partial charge in [0.05, 0.1) is 5.52 Å². The van der Waals surface area contributed by atoms with Crippen LogP contribution in [0.1, 0.15) is 5.56 Å². The second-order valence-corrected chi connectivity index (χ2v) is 4.36. The summed E-state index contributed by atoms with van der Waals surface area (Å²) in [5.41, 5.74) is 10.4. The Kier molecular flexibility index (Phi) is 1.75. The largest absolute Gasteiger partial charge is 0.399 e. The number of nitrogens with zero attached hydrogens (tertiary/aromatic N) is 1. The molecule has 0 aliphatic heterocycles. The molecule has 0 saturated carbocycles. The Morgan fingerprint density at radius 3 is 2.31 bits per heavy atom. The number of aromatic nitrogens is 1. The zero-order valence-electron chi connectivity index (χ0n) is 9.49. The Labute approximate surface area is 94.3 Å². The van der Waals surface area contributed by atoms with Gasteiger partial charge in [0, 0.05) is 29.0 Å². The quantitative estimate of drug-likeness (QED) is 0.567. The molecule has 16 heavy (non-hydrogen) atoms. The van der Waals surface area contributed by atoms with Crippen molar-refractivity contribution in [3.05, 3.63) is 42.0 Å². The number of hydrogen-bond acceptors (Lipinski definition) is 1. The summed E-state index contributed by atoms with van der Waals surface area (Å²) in [6.45, 7) is 2.12. The fourth-order valence-electron chi connectivity index (χ4n) is 2.33. The third kappa shape index (κ3) is 1.13. The average Bonchev–Trinajstić information content (AvgIpc) is 2.53. The van der Waals surface area contributed by atoms with Gasteiger partial charge in [-0.15, -0.1) is 0 Å². The fraction of sp³-hybridized carbons (Fsp3) is 0.143. The molecule has 0 fully saturated rings. The molecule has 0 atom stereocenters. The highest BCUT2D eigenvalue weighted by Gasteiger charge is 2.07. The van der Waals surface area contributed by atoms with Gasteiger partial charge in [-0.1, -0.05) is 18.2 Å². The van der Waals surface area contributed by atoms with Gasteiger partial charge in [-0.05, 0) is 30.7 Å². The van der Waals surface area contributed by atoms with Crippen molar-refractivity contribution in [2.24, 2.45) is 7.05 Å². The molecule has 0 amide bonds. The number of nitrogens with two attached hydrogens (primary N) is 1. The van der Waals surface area contributed by atoms with Gasteiger partial charge >= 0.3 is 0 Å². The van der Waals surface area contributed by atoms with E-state index in [9.17, 15) is 0 Å². The number of rotatable bonds is 0. The van der Waals surface area contributed by atoms with Crippen LogP contribution in [0.2, 0.25) is 0 Å². The number of benzene rings is 2. The summed E-state index contributed by atoms with van der Waals surface area (Å²) in [7, 11) is 2.09. The Hall–Kier alpha value is -1.96. The van der Waals surface area contributed by atoms with Gasteiger partial charge in [0.1, 0.15) is 0 Å². The van der Waals surface area contributed by atoms with Crippen LogP contribution < -0.4 is 5.73 Å². The van der Waals surface area contributed by atoms with E-state index in [1.54, 1.807) is 0 Å². The third-order valence-corrected chi connectivity index (χ3v) is 3.19. The first-order valence-corrected chi connectivity index (χ1v) is 5.41. The van der Waals surface area contributed by atoms with E-state index in [0.717, 1.165) is 5.69 Å². The van der Waals surface area contributed by atoms with Gasteiger partial charge < -0.3 is 10.3 Å². The summed E-state index contributed by atoms with van der Waals surface area (Å²) < 4.78 is 2.20. The molecule has 2 N–H and O–H groups in total. The molecular formula is C14H14N2. The van der Waals surface area contributed by atoms with Crippen LogP contribution in [0.15, 0.2) is 36.4 Å². The molecule has 0 spiro atoms. The van der Waals surface area contributed by atoms with Gasteiger partial charge in [0.2, 0.25) is 0 Å². The van der Waals surface area contributed by atoms with Crippen LogP contribution in [-0.2, 0) is 7.05 Å². The molecule has 3 aromatic rings. The summed E-state index contributed by atoms with van der Waals surface area (Å²) in [5.74, 6) is 0. The molecular weight excluding hydrogens is 196 g/mol. The zero-order valence-corrected chi connectivity index (χ0v) is 9.49. The number of anilines is 1. The van der Waals surface area contributed by atoms with E-state index in [0.29, 0.717) is 0 Å². The molecule has 0 aliphatic rings. The lowest BCUT2D eigenvalue weighted by Gasteiger charge is -1.99. The number of aryl methyl sites for hydroxylation is 2. The molecule has 80 valence electrons. The van der Waals surface area contributed by atoms with E-state index in [2.05, 4.69) is 42.8 Å². The van der Waals surface area contributed by atoms with Gasteiger partial charge in [0.15, 0.2) is 0 Å². The highest BCUT2D eigenvalue weighted by Crippen LogP contribution is 2.29. The van der Waals surface area contributed by atoms with Crippen LogP contribution in [0.4, 0.5) is 5.69 Å². The van der Waals surface area contributed by atoms with E-state index < -0.39 is 0 Å². The molecule has 0 aliphatic carbocycles. The van der Waals surface area contributed by atoms with Crippen molar-refractivity contribution in [1.29, 1.82) is 0 Å². The normalized spacial score (nSPS) is 11.4. The lowest BCUT2D eigenvalue weighted by molar-refractivity contribution is 1.01. The second-order valence-electron chi connectivity index (χ2n) is 4.36. The summed E-state index contributed by atoms with van der Waals surface area (Å²) >= 11 is 0. The molecule has 2 nitrogen and oxygen atoms in total. The standard InChI is InChI=1S/C14H14N2/c1-9-3-5-11-12-6-4-10(15)8-14(12)16(2)13(11)7-9/h3-8H,15H2,1-2H3. The molecule has 0 radical (unpaired) electrons. The first-order chi connectivity index (χ1) is 7.66. The van der Waals surface area contributed by atoms with Crippen LogP contribution in [0.25, 0.3) is 21.8 Å². The number of fused-ring (bicyclic) bond motifs is 3. The van der Waals surface area contributed by atoms with Gasteiger partial charge in [-0.3, -0.25) is 0 Å². The van der Waals surface area contributed by atoms with Crippen molar-refractivity contribution in [2.45, 2.75) is 6.92 Å². The van der Waals surface area contributed by atoms with Gasteiger partial charge in [-0.25, -0.2) is 0 Å². The minimum atomic E-state index is 0.815. The SMILES string of the molecule is Cc1ccc2c3ccc(N)cc3n(C)c2c1. The maximum atomic E-state index is 5.83. The van der Waals surface area contributed by atoms with Crippen LogP contribution in [-0.4, -0.2) is 4.57 Å². The topological polar surface area (TPSA) is 30.9 Å². The molecule has 1 aromatic heterocycles. The van der Waals surface area contributed by atoms with E-state index in [1.807, 2.05) is 12.1 Å². The average molecular weight is 210 g/mol. The Morgan fingerprint density at radius 1 is 0.938 bits per heavy atom. The van der Waals surface area contributed by atoms with E-state index in [4.69, 9.17) is 5.73 Å². The van der Waals surface area contributed by atoms with Crippen molar-refractivity contribution in [1.82, 2.24) is 4.57 Å². The van der Waals surface area contributed by atoms with Crippen molar-refractivity contribution in [2.75, 3.05) is 5.73 Å². The van der Waals surface area contributed by atoms with Crippen molar-refractivity contribution in [3.8, 4) is 0 Å². The lowest BCUT2D eigenvalue weighted by atomic mass is 10.1. The fourth-order valence-corrected chi connectivity index (χ4v) is 2.33. The van der Waals surface area contributed by atoms with Gasteiger partial charge in [-0.2, -0.15) is 0 Å². The molecule has 2 aromatic carbocycles. The van der Waals surface area contributed by atoms with E-state index in [-0.39, 0.29) is 0 Å². The predicted molar refractivity (Wildman–Crippen MR) is 69.6 cm³/mol. The molecule has 0 bridgehead atoms.